The summed E-state index contributed by atoms with van der Waals surface area (Å²) in [5.74, 6) is -0.230. The standard InChI is InChI=1S/C20H25N3O2S/c1-15(24)21-17(19-10-7-13-26-19)14-20(25)22-16-8-3-4-9-18(16)23-11-5-2-6-12-23/h3-4,7-10,13,17H,2,5-6,11-12,14H2,1H3,(H,21,24)(H,22,25). The first-order valence-corrected chi connectivity index (χ1v) is 9.96. The zero-order chi connectivity index (χ0) is 18.4. The third-order valence-corrected chi connectivity index (χ3v) is 5.51. The Bertz CT molecular complexity index is 739. The van der Waals surface area contributed by atoms with E-state index in [0.717, 1.165) is 29.3 Å². The molecule has 1 aromatic carbocycles. The number of carbonyl (C=O) groups is 2. The van der Waals surface area contributed by atoms with Crippen LogP contribution in [0.4, 0.5) is 11.4 Å². The van der Waals surface area contributed by atoms with E-state index in [4.69, 9.17) is 0 Å². The second-order valence-corrected chi connectivity index (χ2v) is 7.56. The first-order chi connectivity index (χ1) is 12.6. The Morgan fingerprint density at radius 3 is 2.58 bits per heavy atom. The molecule has 0 radical (unpaired) electrons. The van der Waals surface area contributed by atoms with E-state index >= 15 is 0 Å². The molecule has 2 aromatic rings. The lowest BCUT2D eigenvalue weighted by Crippen LogP contribution is -2.31. The molecule has 1 aliphatic heterocycles. The van der Waals surface area contributed by atoms with Crippen molar-refractivity contribution in [1.82, 2.24) is 5.32 Å². The summed E-state index contributed by atoms with van der Waals surface area (Å²) in [5, 5.41) is 7.88. The van der Waals surface area contributed by atoms with Crippen LogP contribution in [0.5, 0.6) is 0 Å². The highest BCUT2D eigenvalue weighted by Gasteiger charge is 2.20. The summed E-state index contributed by atoms with van der Waals surface area (Å²) >= 11 is 1.54. The summed E-state index contributed by atoms with van der Waals surface area (Å²) in [7, 11) is 0. The number of nitrogens with one attached hydrogen (secondary N) is 2. The number of piperidine rings is 1. The van der Waals surface area contributed by atoms with Crippen molar-refractivity contribution >= 4 is 34.5 Å². The third-order valence-electron chi connectivity index (χ3n) is 4.53. The molecular formula is C20H25N3O2S. The smallest absolute Gasteiger partial charge is 0.226 e. The second kappa shape index (κ2) is 8.85. The Morgan fingerprint density at radius 1 is 1.12 bits per heavy atom. The van der Waals surface area contributed by atoms with E-state index in [1.165, 1.54) is 26.2 Å². The van der Waals surface area contributed by atoms with Gasteiger partial charge in [0.15, 0.2) is 0 Å². The number of carbonyl (C=O) groups excluding carboxylic acids is 2. The molecule has 0 spiro atoms. The van der Waals surface area contributed by atoms with Crippen LogP contribution < -0.4 is 15.5 Å². The second-order valence-electron chi connectivity index (χ2n) is 6.59. The van der Waals surface area contributed by atoms with E-state index in [2.05, 4.69) is 21.6 Å². The molecular weight excluding hydrogens is 346 g/mol. The Kier molecular flexibility index (Phi) is 6.28. The lowest BCUT2D eigenvalue weighted by Gasteiger charge is -2.30. The molecule has 2 amide bonds. The lowest BCUT2D eigenvalue weighted by atomic mass is 10.1. The van der Waals surface area contributed by atoms with E-state index in [1.807, 2.05) is 35.7 Å². The fourth-order valence-electron chi connectivity index (χ4n) is 3.33. The number of nitrogens with zero attached hydrogens (tertiary/aromatic N) is 1. The maximum atomic E-state index is 12.7. The van der Waals surface area contributed by atoms with E-state index in [9.17, 15) is 9.59 Å². The van der Waals surface area contributed by atoms with Gasteiger partial charge in [-0.15, -0.1) is 11.3 Å². The molecule has 2 N–H and O–H groups in total. The average Bonchev–Trinajstić information content (AvgIpc) is 3.17. The molecule has 3 rings (SSSR count). The summed E-state index contributed by atoms with van der Waals surface area (Å²) < 4.78 is 0. The van der Waals surface area contributed by atoms with Gasteiger partial charge in [-0.05, 0) is 42.8 Å². The van der Waals surface area contributed by atoms with E-state index in [-0.39, 0.29) is 24.3 Å². The topological polar surface area (TPSA) is 61.4 Å². The van der Waals surface area contributed by atoms with E-state index in [1.54, 1.807) is 11.3 Å². The molecule has 1 aliphatic rings. The number of rotatable bonds is 6. The number of hydrogen-bond acceptors (Lipinski definition) is 4. The van der Waals surface area contributed by atoms with Gasteiger partial charge in [-0.3, -0.25) is 9.59 Å². The first-order valence-electron chi connectivity index (χ1n) is 9.08. The highest BCUT2D eigenvalue weighted by atomic mass is 32.1. The van der Waals surface area contributed by atoms with Crippen LogP contribution in [-0.4, -0.2) is 24.9 Å². The predicted molar refractivity (Wildman–Crippen MR) is 107 cm³/mol. The zero-order valence-corrected chi connectivity index (χ0v) is 15.8. The van der Waals surface area contributed by atoms with Crippen molar-refractivity contribution in [3.05, 3.63) is 46.7 Å². The molecule has 1 unspecified atom stereocenters. The number of anilines is 2. The van der Waals surface area contributed by atoms with Crippen LogP contribution in [0.15, 0.2) is 41.8 Å². The molecule has 1 aromatic heterocycles. The number of hydrogen-bond donors (Lipinski definition) is 2. The fourth-order valence-corrected chi connectivity index (χ4v) is 4.11. The van der Waals surface area contributed by atoms with Crippen LogP contribution in [-0.2, 0) is 9.59 Å². The molecule has 0 saturated carbocycles. The van der Waals surface area contributed by atoms with Gasteiger partial charge in [-0.1, -0.05) is 18.2 Å². The maximum Gasteiger partial charge on any atom is 0.226 e. The number of amides is 2. The molecule has 0 aliphatic carbocycles. The van der Waals surface area contributed by atoms with Crippen molar-refractivity contribution in [3.63, 3.8) is 0 Å². The van der Waals surface area contributed by atoms with Gasteiger partial charge < -0.3 is 15.5 Å². The van der Waals surface area contributed by atoms with Crippen LogP contribution in [0, 0.1) is 0 Å². The van der Waals surface area contributed by atoms with Gasteiger partial charge in [0, 0.05) is 24.9 Å². The van der Waals surface area contributed by atoms with Gasteiger partial charge in [0.2, 0.25) is 11.8 Å². The van der Waals surface area contributed by atoms with Crippen molar-refractivity contribution in [1.29, 1.82) is 0 Å². The molecule has 26 heavy (non-hydrogen) atoms. The minimum absolute atomic E-state index is 0.0957. The normalized spacial score (nSPS) is 15.3. The van der Waals surface area contributed by atoms with Gasteiger partial charge >= 0.3 is 0 Å². The van der Waals surface area contributed by atoms with Gasteiger partial charge in [0.05, 0.1) is 23.8 Å². The monoisotopic (exact) mass is 371 g/mol. The Morgan fingerprint density at radius 2 is 1.88 bits per heavy atom. The molecule has 5 nitrogen and oxygen atoms in total. The number of benzene rings is 1. The minimum Gasteiger partial charge on any atom is -0.370 e. The Hall–Kier alpha value is -2.34. The average molecular weight is 372 g/mol. The lowest BCUT2D eigenvalue weighted by molar-refractivity contribution is -0.120. The third kappa shape index (κ3) is 4.85. The number of thiophene rings is 1. The zero-order valence-electron chi connectivity index (χ0n) is 15.0. The van der Waals surface area contributed by atoms with E-state index in [0.29, 0.717) is 0 Å². The quantitative estimate of drug-likeness (QED) is 0.808. The highest BCUT2D eigenvalue weighted by molar-refractivity contribution is 7.10. The molecule has 1 fully saturated rings. The predicted octanol–water partition coefficient (Wildman–Crippen LogP) is 3.94. The summed E-state index contributed by atoms with van der Waals surface area (Å²) in [5.41, 5.74) is 1.92. The van der Waals surface area contributed by atoms with Crippen LogP contribution in [0.2, 0.25) is 0 Å². The van der Waals surface area contributed by atoms with Crippen molar-refractivity contribution in [2.45, 2.75) is 38.6 Å². The summed E-state index contributed by atoms with van der Waals surface area (Å²) in [6.07, 6.45) is 3.86. The fraction of sp³-hybridized carbons (Fsp3) is 0.400. The van der Waals surface area contributed by atoms with E-state index < -0.39 is 0 Å². The van der Waals surface area contributed by atoms with Crippen LogP contribution in [0.1, 0.15) is 43.5 Å². The van der Waals surface area contributed by atoms with Crippen LogP contribution in [0.25, 0.3) is 0 Å². The molecule has 6 heteroatoms. The van der Waals surface area contributed by atoms with Crippen molar-refractivity contribution in [3.8, 4) is 0 Å². The van der Waals surface area contributed by atoms with Crippen LogP contribution in [0.3, 0.4) is 0 Å². The highest BCUT2D eigenvalue weighted by Crippen LogP contribution is 2.29. The molecule has 1 saturated heterocycles. The first kappa shape index (κ1) is 18.5. The van der Waals surface area contributed by atoms with Crippen molar-refractivity contribution in [2.24, 2.45) is 0 Å². The Labute approximate surface area is 158 Å². The molecule has 1 atom stereocenters. The van der Waals surface area contributed by atoms with Crippen molar-refractivity contribution < 1.29 is 9.59 Å². The Balaban J connectivity index is 1.70. The number of para-hydroxylation sites is 2. The van der Waals surface area contributed by atoms with Gasteiger partial charge in [0.25, 0.3) is 0 Å². The van der Waals surface area contributed by atoms with Crippen LogP contribution >= 0.6 is 11.3 Å². The minimum atomic E-state index is -0.297. The summed E-state index contributed by atoms with van der Waals surface area (Å²) in [6.45, 7) is 3.53. The molecule has 0 bridgehead atoms. The van der Waals surface area contributed by atoms with Crippen molar-refractivity contribution in [2.75, 3.05) is 23.3 Å². The summed E-state index contributed by atoms with van der Waals surface area (Å²) in [4.78, 5) is 27.5. The van der Waals surface area contributed by atoms with Gasteiger partial charge in [-0.2, -0.15) is 0 Å². The molecule has 2 heterocycles. The molecule has 138 valence electrons. The largest absolute Gasteiger partial charge is 0.370 e. The van der Waals surface area contributed by atoms with Gasteiger partial charge in [-0.25, -0.2) is 0 Å². The summed E-state index contributed by atoms with van der Waals surface area (Å²) in [6, 6.07) is 11.5. The maximum absolute atomic E-state index is 12.7. The van der Waals surface area contributed by atoms with Gasteiger partial charge in [0.1, 0.15) is 0 Å². The SMILES string of the molecule is CC(=O)NC(CC(=O)Nc1ccccc1N1CCCCC1)c1cccs1.